The SMILES string of the molecule is O=C1c2ccc(-c3ncc(F)c(Nc4ccc(-c5cn[nH]c5)cc4F)n3)cc2CN1C(=O)C1CC(F)(F)C1. The fourth-order valence-electron chi connectivity index (χ4n) is 4.62. The van der Waals surface area contributed by atoms with Gasteiger partial charge in [0.15, 0.2) is 17.5 Å². The van der Waals surface area contributed by atoms with E-state index in [0.29, 0.717) is 22.3 Å². The molecule has 0 spiro atoms. The number of aromatic nitrogens is 4. The first-order valence-electron chi connectivity index (χ1n) is 11.6. The van der Waals surface area contributed by atoms with Crippen molar-refractivity contribution in [1.29, 1.82) is 0 Å². The zero-order valence-electron chi connectivity index (χ0n) is 19.5. The Bertz CT molecular complexity index is 1580. The van der Waals surface area contributed by atoms with E-state index in [1.165, 1.54) is 18.2 Å². The number of imide groups is 1. The molecule has 0 radical (unpaired) electrons. The highest BCUT2D eigenvalue weighted by atomic mass is 19.3. The van der Waals surface area contributed by atoms with Crippen molar-refractivity contribution in [3.8, 4) is 22.5 Å². The van der Waals surface area contributed by atoms with Crippen LogP contribution in [0.4, 0.5) is 29.1 Å². The maximum Gasteiger partial charge on any atom is 0.261 e. The van der Waals surface area contributed by atoms with Crippen molar-refractivity contribution < 1.29 is 27.2 Å². The molecular weight excluding hydrogens is 504 g/mol. The second-order valence-electron chi connectivity index (χ2n) is 9.26. The van der Waals surface area contributed by atoms with Gasteiger partial charge in [-0.15, -0.1) is 0 Å². The van der Waals surface area contributed by atoms with E-state index in [1.807, 2.05) is 0 Å². The number of nitrogens with one attached hydrogen (secondary N) is 2. The van der Waals surface area contributed by atoms with Crippen LogP contribution in [0.3, 0.4) is 0 Å². The topological polar surface area (TPSA) is 104 Å². The summed E-state index contributed by atoms with van der Waals surface area (Å²) in [5.74, 6) is -6.53. The standard InChI is InChI=1S/C26H18F4N6O2/c27-19-6-13(17-9-32-33-10-17)2-4-21(19)34-23-20(28)11-31-22(35-23)14-1-3-18-15(5-14)12-36(25(18)38)24(37)16-7-26(29,30)8-16/h1-6,9-11,16H,7-8,12H2,(H,32,33)(H,31,34,35). The minimum absolute atomic E-state index is 0.00364. The number of carbonyl (C=O) groups is 2. The van der Waals surface area contributed by atoms with E-state index in [1.54, 1.807) is 30.6 Å². The second kappa shape index (κ2) is 8.75. The molecule has 1 aliphatic carbocycles. The first-order valence-corrected chi connectivity index (χ1v) is 11.6. The molecule has 192 valence electrons. The third kappa shape index (κ3) is 4.17. The van der Waals surface area contributed by atoms with Crippen LogP contribution in [0.25, 0.3) is 22.5 Å². The van der Waals surface area contributed by atoms with Crippen LogP contribution in [0.15, 0.2) is 55.0 Å². The Kier molecular flexibility index (Phi) is 5.47. The van der Waals surface area contributed by atoms with Crippen LogP contribution >= 0.6 is 0 Å². The molecule has 2 aliphatic rings. The summed E-state index contributed by atoms with van der Waals surface area (Å²) >= 11 is 0. The minimum atomic E-state index is -2.88. The molecule has 2 aromatic heterocycles. The minimum Gasteiger partial charge on any atom is -0.335 e. The Hall–Kier alpha value is -4.61. The highest BCUT2D eigenvalue weighted by Crippen LogP contribution is 2.44. The van der Waals surface area contributed by atoms with Crippen molar-refractivity contribution in [2.45, 2.75) is 25.3 Å². The highest BCUT2D eigenvalue weighted by Gasteiger charge is 2.51. The second-order valence-corrected chi connectivity index (χ2v) is 9.26. The van der Waals surface area contributed by atoms with Crippen molar-refractivity contribution in [3.63, 3.8) is 0 Å². The zero-order chi connectivity index (χ0) is 26.6. The molecule has 38 heavy (non-hydrogen) atoms. The fourth-order valence-corrected chi connectivity index (χ4v) is 4.62. The van der Waals surface area contributed by atoms with Gasteiger partial charge in [-0.05, 0) is 35.4 Å². The molecule has 2 aromatic carbocycles. The summed E-state index contributed by atoms with van der Waals surface area (Å²) in [5.41, 5.74) is 2.46. The first kappa shape index (κ1) is 23.8. The molecule has 2 amide bonds. The maximum atomic E-state index is 14.7. The number of hydrogen-bond donors (Lipinski definition) is 2. The number of benzene rings is 2. The molecule has 1 aliphatic heterocycles. The van der Waals surface area contributed by atoms with Gasteiger partial charge < -0.3 is 5.32 Å². The monoisotopic (exact) mass is 522 g/mol. The molecule has 0 saturated heterocycles. The quantitative estimate of drug-likeness (QED) is 0.280. The molecule has 0 unspecified atom stereocenters. The first-order chi connectivity index (χ1) is 18.2. The van der Waals surface area contributed by atoms with Gasteiger partial charge in [-0.2, -0.15) is 5.10 Å². The number of rotatable bonds is 5. The van der Waals surface area contributed by atoms with Crippen molar-refractivity contribution in [1.82, 2.24) is 25.1 Å². The highest BCUT2D eigenvalue weighted by molar-refractivity contribution is 6.08. The van der Waals surface area contributed by atoms with E-state index in [-0.39, 0.29) is 29.4 Å². The van der Waals surface area contributed by atoms with Gasteiger partial charge in [0, 0.05) is 35.7 Å². The van der Waals surface area contributed by atoms with Crippen molar-refractivity contribution in [3.05, 3.63) is 77.8 Å². The van der Waals surface area contributed by atoms with E-state index >= 15 is 0 Å². The average molecular weight is 522 g/mol. The molecule has 1 saturated carbocycles. The fraction of sp³-hybridized carbons (Fsp3) is 0.192. The number of carbonyl (C=O) groups excluding carboxylic acids is 2. The number of anilines is 2. The lowest BCUT2D eigenvalue weighted by Gasteiger charge is -2.35. The number of alkyl halides is 2. The van der Waals surface area contributed by atoms with Crippen LogP contribution in [0.5, 0.6) is 0 Å². The molecule has 3 heterocycles. The van der Waals surface area contributed by atoms with Crippen LogP contribution in [0, 0.1) is 17.6 Å². The lowest BCUT2D eigenvalue weighted by atomic mass is 9.80. The molecule has 0 atom stereocenters. The Morgan fingerprint density at radius 3 is 2.53 bits per heavy atom. The summed E-state index contributed by atoms with van der Waals surface area (Å²) in [6.07, 6.45) is 2.96. The predicted octanol–water partition coefficient (Wildman–Crippen LogP) is 5.08. The summed E-state index contributed by atoms with van der Waals surface area (Å²) in [7, 11) is 0. The van der Waals surface area contributed by atoms with E-state index in [9.17, 15) is 27.2 Å². The number of hydrogen-bond acceptors (Lipinski definition) is 6. The van der Waals surface area contributed by atoms with Crippen molar-refractivity contribution in [2.24, 2.45) is 5.92 Å². The van der Waals surface area contributed by atoms with Gasteiger partial charge in [0.2, 0.25) is 11.8 Å². The lowest BCUT2D eigenvalue weighted by Crippen LogP contribution is -2.46. The number of aromatic amines is 1. The van der Waals surface area contributed by atoms with Gasteiger partial charge in [-0.3, -0.25) is 19.6 Å². The summed E-state index contributed by atoms with van der Waals surface area (Å²) in [4.78, 5) is 34.5. The maximum absolute atomic E-state index is 14.7. The summed E-state index contributed by atoms with van der Waals surface area (Å²) in [6.45, 7) is -0.0660. The number of H-pyrrole nitrogens is 1. The molecule has 0 bridgehead atoms. The number of nitrogens with zero attached hydrogens (tertiary/aromatic N) is 4. The largest absolute Gasteiger partial charge is 0.335 e. The van der Waals surface area contributed by atoms with Crippen LogP contribution in [-0.2, 0) is 11.3 Å². The normalized spacial score (nSPS) is 16.3. The molecular formula is C26H18F4N6O2. The third-order valence-electron chi connectivity index (χ3n) is 6.67. The predicted molar refractivity (Wildman–Crippen MR) is 127 cm³/mol. The number of fused-ring (bicyclic) bond motifs is 1. The molecule has 8 nitrogen and oxygen atoms in total. The number of halogens is 4. The van der Waals surface area contributed by atoms with Gasteiger partial charge in [0.25, 0.3) is 5.91 Å². The van der Waals surface area contributed by atoms with E-state index in [4.69, 9.17) is 0 Å². The average Bonchev–Trinajstić information content (AvgIpc) is 3.53. The molecule has 2 N–H and O–H groups in total. The van der Waals surface area contributed by atoms with Gasteiger partial charge in [-0.1, -0.05) is 12.1 Å². The van der Waals surface area contributed by atoms with Crippen LogP contribution in [0.2, 0.25) is 0 Å². The lowest BCUT2D eigenvalue weighted by molar-refractivity contribution is -0.157. The summed E-state index contributed by atoms with van der Waals surface area (Å²) < 4.78 is 55.7. The van der Waals surface area contributed by atoms with E-state index in [0.717, 1.165) is 11.1 Å². The van der Waals surface area contributed by atoms with Gasteiger partial charge in [-0.25, -0.2) is 27.5 Å². The Morgan fingerprint density at radius 1 is 1.03 bits per heavy atom. The number of amides is 2. The molecule has 12 heteroatoms. The molecule has 1 fully saturated rings. The summed E-state index contributed by atoms with van der Waals surface area (Å²) in [6, 6.07) is 8.99. The van der Waals surface area contributed by atoms with Crippen LogP contribution in [0.1, 0.15) is 28.8 Å². The summed E-state index contributed by atoms with van der Waals surface area (Å²) in [5, 5.41) is 9.13. The van der Waals surface area contributed by atoms with Gasteiger partial charge in [0.1, 0.15) is 5.82 Å². The van der Waals surface area contributed by atoms with Crippen molar-refractivity contribution >= 4 is 23.3 Å². The molecule has 6 rings (SSSR count). The van der Waals surface area contributed by atoms with E-state index < -0.39 is 48.1 Å². The Balaban J connectivity index is 1.23. The van der Waals surface area contributed by atoms with Crippen LogP contribution in [-0.4, -0.2) is 42.8 Å². The smallest absolute Gasteiger partial charge is 0.261 e. The van der Waals surface area contributed by atoms with E-state index in [2.05, 4.69) is 25.5 Å². The zero-order valence-corrected chi connectivity index (χ0v) is 19.5. The van der Waals surface area contributed by atoms with Gasteiger partial charge >= 0.3 is 0 Å². The Labute approximate surface area is 212 Å². The van der Waals surface area contributed by atoms with Crippen molar-refractivity contribution in [2.75, 3.05) is 5.32 Å². The Morgan fingerprint density at radius 2 is 1.82 bits per heavy atom. The third-order valence-corrected chi connectivity index (χ3v) is 6.67. The molecule has 4 aromatic rings. The van der Waals surface area contributed by atoms with Crippen LogP contribution < -0.4 is 5.32 Å². The van der Waals surface area contributed by atoms with Gasteiger partial charge in [0.05, 0.1) is 30.5 Å².